The van der Waals surface area contributed by atoms with Gasteiger partial charge < -0.3 is 4.74 Å². The minimum atomic E-state index is -0.418. The van der Waals surface area contributed by atoms with Crippen LogP contribution in [0.15, 0.2) is 18.2 Å². The Morgan fingerprint density at radius 1 is 1.58 bits per heavy atom. The number of halogens is 1. The Morgan fingerprint density at radius 2 is 2.33 bits per heavy atom. The molecule has 0 spiro atoms. The van der Waals surface area contributed by atoms with Crippen molar-refractivity contribution >= 4 is 0 Å². The average molecular weight is 167 g/mol. The van der Waals surface area contributed by atoms with E-state index in [9.17, 15) is 4.39 Å². The molecular weight excluding hydrogens is 155 g/mol. The first-order chi connectivity index (χ1) is 5.70. The molecule has 0 N–H and O–H groups in total. The second-order valence-corrected chi connectivity index (χ2v) is 3.05. The van der Waals surface area contributed by atoms with Crippen molar-refractivity contribution in [3.8, 4) is 5.75 Å². The van der Waals surface area contributed by atoms with E-state index in [1.54, 1.807) is 12.1 Å². The molecule has 65 valence electrons. The maximum atomic E-state index is 12.9. The zero-order valence-corrected chi connectivity index (χ0v) is 7.30. The van der Waals surface area contributed by atoms with Crippen molar-refractivity contribution < 1.29 is 9.13 Å². The van der Waals surface area contributed by atoms with Crippen LogP contribution < -0.4 is 4.74 Å². The van der Waals surface area contributed by atoms with Gasteiger partial charge in [-0.1, -0.05) is 26.0 Å². The highest BCUT2D eigenvalue weighted by Gasteiger charge is 2.02. The molecule has 0 atom stereocenters. The first kappa shape index (κ1) is 9.04. The van der Waals surface area contributed by atoms with E-state index in [-0.39, 0.29) is 5.75 Å². The molecular formula is C10H12FO. The number of rotatable bonds is 3. The number of benzene rings is 1. The van der Waals surface area contributed by atoms with E-state index in [2.05, 4.69) is 6.07 Å². The van der Waals surface area contributed by atoms with E-state index in [4.69, 9.17) is 4.74 Å². The predicted octanol–water partition coefficient (Wildman–Crippen LogP) is 2.66. The molecule has 0 aliphatic heterocycles. The Balaban J connectivity index is 2.57. The highest BCUT2D eigenvalue weighted by molar-refractivity contribution is 5.22. The van der Waals surface area contributed by atoms with Gasteiger partial charge in [-0.3, -0.25) is 0 Å². The summed E-state index contributed by atoms with van der Waals surface area (Å²) in [6.07, 6.45) is 0. The highest BCUT2D eigenvalue weighted by Crippen LogP contribution is 2.15. The molecule has 0 fully saturated rings. The maximum absolute atomic E-state index is 12.9. The Labute approximate surface area is 72.2 Å². The van der Waals surface area contributed by atoms with Crippen molar-refractivity contribution in [2.24, 2.45) is 5.92 Å². The van der Waals surface area contributed by atoms with Crippen molar-refractivity contribution in [3.63, 3.8) is 0 Å². The van der Waals surface area contributed by atoms with Crippen LogP contribution in [0.4, 0.5) is 4.39 Å². The molecule has 12 heavy (non-hydrogen) atoms. The maximum Gasteiger partial charge on any atom is 0.172 e. The van der Waals surface area contributed by atoms with Gasteiger partial charge in [0.2, 0.25) is 0 Å². The molecule has 1 aromatic rings. The SMILES string of the molecule is CC(C)COc1ccc[c]c1F. The summed E-state index contributed by atoms with van der Waals surface area (Å²) in [5, 5.41) is 0. The molecule has 0 saturated heterocycles. The topological polar surface area (TPSA) is 9.23 Å². The minimum Gasteiger partial charge on any atom is -0.490 e. The van der Waals surface area contributed by atoms with Crippen LogP contribution in [0.5, 0.6) is 5.75 Å². The van der Waals surface area contributed by atoms with Gasteiger partial charge in [-0.25, -0.2) is 4.39 Å². The van der Waals surface area contributed by atoms with Crippen LogP contribution in [0.25, 0.3) is 0 Å². The van der Waals surface area contributed by atoms with Gasteiger partial charge >= 0.3 is 0 Å². The summed E-state index contributed by atoms with van der Waals surface area (Å²) < 4.78 is 18.1. The fraction of sp³-hybridized carbons (Fsp3) is 0.400. The van der Waals surface area contributed by atoms with E-state index >= 15 is 0 Å². The first-order valence-electron chi connectivity index (χ1n) is 3.99. The summed E-state index contributed by atoms with van der Waals surface area (Å²) in [4.78, 5) is 0. The fourth-order valence-corrected chi connectivity index (χ4v) is 0.769. The third-order valence-electron chi connectivity index (χ3n) is 1.34. The number of hydrogen-bond donors (Lipinski definition) is 0. The van der Waals surface area contributed by atoms with Crippen molar-refractivity contribution in [2.75, 3.05) is 6.61 Å². The second kappa shape index (κ2) is 4.10. The van der Waals surface area contributed by atoms with Gasteiger partial charge in [0.05, 0.1) is 6.61 Å². The molecule has 2 heteroatoms. The van der Waals surface area contributed by atoms with Crippen LogP contribution in [0.2, 0.25) is 0 Å². The molecule has 0 heterocycles. The summed E-state index contributed by atoms with van der Waals surface area (Å²) in [6, 6.07) is 7.27. The largest absolute Gasteiger partial charge is 0.490 e. The van der Waals surface area contributed by atoms with E-state index in [1.807, 2.05) is 13.8 Å². The van der Waals surface area contributed by atoms with Crippen LogP contribution in [0.3, 0.4) is 0 Å². The van der Waals surface area contributed by atoms with Crippen LogP contribution in [0.1, 0.15) is 13.8 Å². The fourth-order valence-electron chi connectivity index (χ4n) is 0.769. The van der Waals surface area contributed by atoms with Gasteiger partial charge in [0.25, 0.3) is 0 Å². The molecule has 0 unspecified atom stereocenters. The number of ether oxygens (including phenoxy) is 1. The van der Waals surface area contributed by atoms with Gasteiger partial charge in [-0.15, -0.1) is 0 Å². The summed E-state index contributed by atoms with van der Waals surface area (Å²) in [5.74, 6) is 0.272. The van der Waals surface area contributed by atoms with E-state index in [1.165, 1.54) is 6.07 Å². The Bertz CT molecular complexity index is 245. The number of hydrogen-bond acceptors (Lipinski definition) is 1. The third-order valence-corrected chi connectivity index (χ3v) is 1.34. The third kappa shape index (κ3) is 2.53. The second-order valence-electron chi connectivity index (χ2n) is 3.05. The van der Waals surface area contributed by atoms with Crippen LogP contribution in [-0.2, 0) is 0 Å². The molecule has 0 aliphatic rings. The van der Waals surface area contributed by atoms with Crippen molar-refractivity contribution in [3.05, 3.63) is 30.1 Å². The summed E-state index contributed by atoms with van der Waals surface area (Å²) in [6.45, 7) is 4.57. The molecule has 0 aliphatic carbocycles. The van der Waals surface area contributed by atoms with Crippen LogP contribution >= 0.6 is 0 Å². The van der Waals surface area contributed by atoms with Gasteiger partial charge in [-0.2, -0.15) is 0 Å². The lowest BCUT2D eigenvalue weighted by Gasteiger charge is -2.08. The lowest BCUT2D eigenvalue weighted by atomic mass is 10.2. The minimum absolute atomic E-state index is 0.284. The van der Waals surface area contributed by atoms with Gasteiger partial charge in [-0.05, 0) is 12.0 Å². The molecule has 0 aromatic heterocycles. The Hall–Kier alpha value is -1.05. The zero-order chi connectivity index (χ0) is 8.97. The molecule has 1 nitrogen and oxygen atoms in total. The van der Waals surface area contributed by atoms with Gasteiger partial charge in [0.1, 0.15) is 0 Å². The normalized spacial score (nSPS) is 10.3. The molecule has 1 radical (unpaired) electrons. The molecule has 1 rings (SSSR count). The van der Waals surface area contributed by atoms with Gasteiger partial charge in [0.15, 0.2) is 11.6 Å². The zero-order valence-electron chi connectivity index (χ0n) is 7.30. The van der Waals surface area contributed by atoms with Crippen LogP contribution in [0, 0.1) is 17.8 Å². The quantitative estimate of drug-likeness (QED) is 0.672. The molecule has 0 bridgehead atoms. The monoisotopic (exact) mass is 167 g/mol. The highest BCUT2D eigenvalue weighted by atomic mass is 19.1. The van der Waals surface area contributed by atoms with Crippen molar-refractivity contribution in [1.82, 2.24) is 0 Å². The van der Waals surface area contributed by atoms with Crippen LogP contribution in [-0.4, -0.2) is 6.61 Å². The van der Waals surface area contributed by atoms with Crippen molar-refractivity contribution in [2.45, 2.75) is 13.8 Å². The molecule has 0 saturated carbocycles. The van der Waals surface area contributed by atoms with E-state index in [0.29, 0.717) is 12.5 Å². The summed E-state index contributed by atoms with van der Waals surface area (Å²) >= 11 is 0. The van der Waals surface area contributed by atoms with Crippen molar-refractivity contribution in [1.29, 1.82) is 0 Å². The lowest BCUT2D eigenvalue weighted by molar-refractivity contribution is 0.259. The smallest absolute Gasteiger partial charge is 0.172 e. The standard InChI is InChI=1S/C10H12FO/c1-8(2)7-12-10-6-4-3-5-9(10)11/h3-4,6,8H,7H2,1-2H3. The molecule has 0 amide bonds. The van der Waals surface area contributed by atoms with E-state index < -0.39 is 5.82 Å². The summed E-state index contributed by atoms with van der Waals surface area (Å²) in [7, 11) is 0. The Kier molecular flexibility index (Phi) is 3.09. The molecule has 1 aromatic carbocycles. The average Bonchev–Trinajstić information content (AvgIpc) is 2.03. The summed E-state index contributed by atoms with van der Waals surface area (Å²) in [5.41, 5.74) is 0. The lowest BCUT2D eigenvalue weighted by Crippen LogP contribution is -2.05. The van der Waals surface area contributed by atoms with E-state index in [0.717, 1.165) is 0 Å². The van der Waals surface area contributed by atoms with Gasteiger partial charge in [0, 0.05) is 6.07 Å². The Morgan fingerprint density at radius 3 is 2.92 bits per heavy atom. The first-order valence-corrected chi connectivity index (χ1v) is 3.99. The predicted molar refractivity (Wildman–Crippen MR) is 45.6 cm³/mol.